The van der Waals surface area contributed by atoms with Crippen molar-refractivity contribution in [3.8, 4) is 5.69 Å². The van der Waals surface area contributed by atoms with Gasteiger partial charge in [0.05, 0.1) is 23.8 Å². The van der Waals surface area contributed by atoms with Gasteiger partial charge in [0.15, 0.2) is 0 Å². The predicted octanol–water partition coefficient (Wildman–Crippen LogP) is 2.25. The molecule has 0 bridgehead atoms. The lowest BCUT2D eigenvalue weighted by atomic mass is 10.3. The molecule has 0 aliphatic rings. The van der Waals surface area contributed by atoms with E-state index in [2.05, 4.69) is 15.3 Å². The maximum Gasteiger partial charge on any atom is 0.285 e. The molecule has 3 rings (SSSR count). The van der Waals surface area contributed by atoms with Gasteiger partial charge in [-0.05, 0) is 12.1 Å². The largest absolute Gasteiger partial charge is 0.367 e. The van der Waals surface area contributed by atoms with Gasteiger partial charge in [-0.1, -0.05) is 29.8 Å². The number of aromatic amines is 1. The summed E-state index contributed by atoms with van der Waals surface area (Å²) in [4.78, 5) is 13.4. The SMILES string of the molecule is CN(Cc1cnn(-c2ccccc2)c1)c1cn[nH]c(=O)c1Cl. The minimum Gasteiger partial charge on any atom is -0.367 e. The third kappa shape index (κ3) is 2.87. The Morgan fingerprint density at radius 1 is 1.27 bits per heavy atom. The van der Waals surface area contributed by atoms with Gasteiger partial charge in [0.25, 0.3) is 5.56 Å². The molecule has 0 spiro atoms. The molecule has 1 aromatic carbocycles. The van der Waals surface area contributed by atoms with Crippen molar-refractivity contribution in [2.45, 2.75) is 6.54 Å². The van der Waals surface area contributed by atoms with Crippen LogP contribution in [0.3, 0.4) is 0 Å². The number of halogens is 1. The fraction of sp³-hybridized carbons (Fsp3) is 0.133. The number of H-pyrrole nitrogens is 1. The number of hydrogen-bond donors (Lipinski definition) is 1. The molecule has 0 aliphatic carbocycles. The normalized spacial score (nSPS) is 10.6. The van der Waals surface area contributed by atoms with Crippen LogP contribution in [-0.4, -0.2) is 27.0 Å². The Morgan fingerprint density at radius 2 is 2.05 bits per heavy atom. The Morgan fingerprint density at radius 3 is 2.82 bits per heavy atom. The molecule has 0 fully saturated rings. The first-order chi connectivity index (χ1) is 10.6. The first-order valence-corrected chi connectivity index (χ1v) is 7.06. The Labute approximate surface area is 132 Å². The van der Waals surface area contributed by atoms with Crippen LogP contribution in [0.4, 0.5) is 5.69 Å². The van der Waals surface area contributed by atoms with Crippen molar-refractivity contribution in [3.05, 3.63) is 69.9 Å². The van der Waals surface area contributed by atoms with Crippen molar-refractivity contribution in [2.75, 3.05) is 11.9 Å². The fourth-order valence-corrected chi connectivity index (χ4v) is 2.40. The summed E-state index contributed by atoms with van der Waals surface area (Å²) in [7, 11) is 1.85. The second kappa shape index (κ2) is 6.03. The van der Waals surface area contributed by atoms with E-state index in [-0.39, 0.29) is 5.02 Å². The number of aromatic nitrogens is 4. The van der Waals surface area contributed by atoms with Crippen LogP contribution in [0.2, 0.25) is 5.02 Å². The minimum absolute atomic E-state index is 0.132. The molecule has 1 N–H and O–H groups in total. The topological polar surface area (TPSA) is 66.8 Å². The van der Waals surface area contributed by atoms with Crippen molar-refractivity contribution >= 4 is 17.3 Å². The highest BCUT2D eigenvalue weighted by atomic mass is 35.5. The zero-order valence-corrected chi connectivity index (χ0v) is 12.7. The quantitative estimate of drug-likeness (QED) is 0.802. The van der Waals surface area contributed by atoms with Gasteiger partial charge in [-0.3, -0.25) is 4.79 Å². The molecule has 22 heavy (non-hydrogen) atoms. The van der Waals surface area contributed by atoms with Crippen LogP contribution < -0.4 is 10.5 Å². The summed E-state index contributed by atoms with van der Waals surface area (Å²) in [6.07, 6.45) is 5.27. The average molecular weight is 316 g/mol. The smallest absolute Gasteiger partial charge is 0.285 e. The van der Waals surface area contributed by atoms with Crippen molar-refractivity contribution in [1.82, 2.24) is 20.0 Å². The Bertz CT molecular complexity index is 827. The van der Waals surface area contributed by atoms with Crippen molar-refractivity contribution in [3.63, 3.8) is 0 Å². The van der Waals surface area contributed by atoms with E-state index in [9.17, 15) is 4.79 Å². The molecule has 0 aliphatic heterocycles. The van der Waals surface area contributed by atoms with E-state index in [4.69, 9.17) is 11.6 Å². The first-order valence-electron chi connectivity index (χ1n) is 6.68. The molecule has 6 nitrogen and oxygen atoms in total. The van der Waals surface area contributed by atoms with Gasteiger partial charge in [-0.25, -0.2) is 9.78 Å². The molecule has 2 aromatic heterocycles. The number of benzene rings is 1. The lowest BCUT2D eigenvalue weighted by Gasteiger charge is -2.18. The highest BCUT2D eigenvalue weighted by Crippen LogP contribution is 2.21. The van der Waals surface area contributed by atoms with Gasteiger partial charge < -0.3 is 4.90 Å². The lowest BCUT2D eigenvalue weighted by Crippen LogP contribution is -2.20. The third-order valence-corrected chi connectivity index (χ3v) is 3.63. The maximum absolute atomic E-state index is 11.5. The summed E-state index contributed by atoms with van der Waals surface area (Å²) in [5, 5.41) is 10.6. The molecule has 0 amide bonds. The summed E-state index contributed by atoms with van der Waals surface area (Å²) in [6.45, 7) is 0.567. The van der Waals surface area contributed by atoms with Crippen LogP contribution in [-0.2, 0) is 6.54 Å². The number of rotatable bonds is 4. The van der Waals surface area contributed by atoms with Crippen LogP contribution in [0, 0.1) is 0 Å². The molecular weight excluding hydrogens is 302 g/mol. The van der Waals surface area contributed by atoms with Gasteiger partial charge >= 0.3 is 0 Å². The maximum atomic E-state index is 11.5. The van der Waals surface area contributed by atoms with E-state index >= 15 is 0 Å². The monoisotopic (exact) mass is 315 g/mol. The molecule has 112 valence electrons. The van der Waals surface area contributed by atoms with Gasteiger partial charge in [-0.15, -0.1) is 0 Å². The van der Waals surface area contributed by atoms with Gasteiger partial charge in [0, 0.05) is 25.4 Å². The van der Waals surface area contributed by atoms with E-state index in [1.165, 1.54) is 6.20 Å². The Balaban J connectivity index is 1.81. The van der Waals surface area contributed by atoms with Crippen LogP contribution >= 0.6 is 11.6 Å². The van der Waals surface area contributed by atoms with Crippen LogP contribution in [0.15, 0.2) is 53.7 Å². The summed E-state index contributed by atoms with van der Waals surface area (Å²) in [5.41, 5.74) is 2.18. The van der Waals surface area contributed by atoms with Gasteiger partial charge in [0.1, 0.15) is 5.02 Å². The Kier molecular flexibility index (Phi) is 3.93. The number of para-hydroxylation sites is 1. The van der Waals surface area contributed by atoms with E-state index in [0.717, 1.165) is 11.3 Å². The zero-order valence-electron chi connectivity index (χ0n) is 11.9. The second-order valence-electron chi connectivity index (χ2n) is 4.88. The molecule has 0 saturated heterocycles. The molecular formula is C15H14ClN5O. The standard InChI is InChI=1S/C15H14ClN5O/c1-20(13-8-17-19-15(22)14(13)16)9-11-7-18-21(10-11)12-5-3-2-4-6-12/h2-8,10H,9H2,1H3,(H,19,22). The summed E-state index contributed by atoms with van der Waals surface area (Å²) in [6, 6.07) is 9.86. The van der Waals surface area contributed by atoms with Gasteiger partial charge in [-0.2, -0.15) is 10.2 Å². The molecule has 0 atom stereocenters. The first kappa shape index (κ1) is 14.3. The molecule has 7 heteroatoms. The zero-order chi connectivity index (χ0) is 15.5. The third-order valence-electron chi connectivity index (χ3n) is 3.26. The fourth-order valence-electron chi connectivity index (χ4n) is 2.16. The summed E-state index contributed by atoms with van der Waals surface area (Å²) < 4.78 is 1.81. The van der Waals surface area contributed by atoms with Crippen LogP contribution in [0.5, 0.6) is 0 Å². The Hall–Kier alpha value is -2.60. The molecule has 0 radical (unpaired) electrons. The van der Waals surface area contributed by atoms with E-state index in [1.54, 1.807) is 10.9 Å². The number of nitrogens with zero attached hydrogens (tertiary/aromatic N) is 4. The van der Waals surface area contributed by atoms with E-state index in [0.29, 0.717) is 12.2 Å². The summed E-state index contributed by atoms with van der Waals surface area (Å²) >= 11 is 6.01. The van der Waals surface area contributed by atoms with Crippen LogP contribution in [0.1, 0.15) is 5.56 Å². The molecule has 0 unspecified atom stereocenters. The number of hydrogen-bond acceptors (Lipinski definition) is 4. The second-order valence-corrected chi connectivity index (χ2v) is 5.26. The highest BCUT2D eigenvalue weighted by Gasteiger charge is 2.11. The number of nitrogens with one attached hydrogen (secondary N) is 1. The molecule has 3 aromatic rings. The van der Waals surface area contributed by atoms with Crippen molar-refractivity contribution in [2.24, 2.45) is 0 Å². The minimum atomic E-state index is -0.397. The van der Waals surface area contributed by atoms with Crippen LogP contribution in [0.25, 0.3) is 5.69 Å². The molecule has 0 saturated carbocycles. The van der Waals surface area contributed by atoms with E-state index < -0.39 is 5.56 Å². The number of anilines is 1. The predicted molar refractivity (Wildman–Crippen MR) is 85.5 cm³/mol. The lowest BCUT2D eigenvalue weighted by molar-refractivity contribution is 0.875. The summed E-state index contributed by atoms with van der Waals surface area (Å²) in [5.74, 6) is 0. The highest BCUT2D eigenvalue weighted by molar-refractivity contribution is 6.32. The van der Waals surface area contributed by atoms with E-state index in [1.807, 2.05) is 48.5 Å². The van der Waals surface area contributed by atoms with Crippen molar-refractivity contribution < 1.29 is 0 Å². The van der Waals surface area contributed by atoms with Crippen molar-refractivity contribution in [1.29, 1.82) is 0 Å². The average Bonchev–Trinajstić information content (AvgIpc) is 2.99. The van der Waals surface area contributed by atoms with Gasteiger partial charge in [0.2, 0.25) is 0 Å². The molecule has 2 heterocycles.